The number of sulfonamides is 1. The Morgan fingerprint density at radius 2 is 1.79 bits per heavy atom. The summed E-state index contributed by atoms with van der Waals surface area (Å²) in [5, 5.41) is 2.27. The van der Waals surface area contributed by atoms with Gasteiger partial charge in [0.15, 0.2) is 0 Å². The van der Waals surface area contributed by atoms with E-state index in [9.17, 15) is 30.8 Å². The molecule has 1 aliphatic carbocycles. The third kappa shape index (κ3) is 4.50. The molecule has 1 aliphatic rings. The van der Waals surface area contributed by atoms with Crippen LogP contribution in [0.5, 0.6) is 0 Å². The van der Waals surface area contributed by atoms with Gasteiger partial charge in [0.2, 0.25) is 10.0 Å². The van der Waals surface area contributed by atoms with Gasteiger partial charge in [-0.25, -0.2) is 17.5 Å². The van der Waals surface area contributed by atoms with Crippen LogP contribution in [0.4, 0.5) is 23.2 Å². The molecule has 150 valence electrons. The second-order valence-corrected chi connectivity index (χ2v) is 8.20. The van der Waals surface area contributed by atoms with Gasteiger partial charge in [0.05, 0.1) is 5.56 Å². The van der Waals surface area contributed by atoms with Crippen LogP contribution >= 0.6 is 0 Å². The van der Waals surface area contributed by atoms with Crippen LogP contribution in [0.15, 0.2) is 41.3 Å². The smallest absolute Gasteiger partial charge is 0.322 e. The summed E-state index contributed by atoms with van der Waals surface area (Å²) in [5.41, 5.74) is -1.23. The Bertz CT molecular complexity index is 1030. The van der Waals surface area contributed by atoms with Crippen molar-refractivity contribution < 1.29 is 30.8 Å². The molecule has 28 heavy (non-hydrogen) atoms. The van der Waals surface area contributed by atoms with Crippen molar-refractivity contribution in [3.8, 4) is 0 Å². The van der Waals surface area contributed by atoms with Crippen LogP contribution in [0.3, 0.4) is 0 Å². The number of amides is 1. The van der Waals surface area contributed by atoms with Gasteiger partial charge in [-0.15, -0.1) is 0 Å². The Morgan fingerprint density at radius 1 is 1.11 bits per heavy atom. The number of halogens is 4. The highest BCUT2D eigenvalue weighted by atomic mass is 32.2. The second-order valence-electron chi connectivity index (χ2n) is 6.52. The molecule has 1 amide bonds. The average molecular weight is 416 g/mol. The maximum Gasteiger partial charge on any atom is 0.416 e. The van der Waals surface area contributed by atoms with Gasteiger partial charge in [0.1, 0.15) is 10.7 Å². The van der Waals surface area contributed by atoms with Gasteiger partial charge < -0.3 is 5.32 Å². The molecule has 0 saturated heterocycles. The lowest BCUT2D eigenvalue weighted by Gasteiger charge is -2.13. The van der Waals surface area contributed by atoms with Crippen molar-refractivity contribution in [2.24, 2.45) is 0 Å². The Labute approximate surface area is 158 Å². The number of rotatable bonds is 5. The van der Waals surface area contributed by atoms with Crippen LogP contribution in [-0.2, 0) is 16.2 Å². The normalized spacial score (nSPS) is 14.8. The van der Waals surface area contributed by atoms with Crippen molar-refractivity contribution in [1.82, 2.24) is 4.72 Å². The number of hydrogen-bond donors (Lipinski definition) is 2. The fourth-order valence-corrected chi connectivity index (χ4v) is 3.95. The Hall–Kier alpha value is -2.46. The molecule has 0 aliphatic heterocycles. The third-order valence-electron chi connectivity index (χ3n) is 4.18. The number of carbonyl (C=O) groups excluding carboxylic acids is 1. The molecule has 10 heteroatoms. The largest absolute Gasteiger partial charge is 0.416 e. The van der Waals surface area contributed by atoms with E-state index in [0.717, 1.165) is 24.3 Å². The first-order valence-corrected chi connectivity index (χ1v) is 9.77. The molecule has 0 atom stereocenters. The number of benzene rings is 2. The molecule has 0 heterocycles. The zero-order valence-corrected chi connectivity index (χ0v) is 15.4. The maximum atomic E-state index is 14.0. The zero-order chi connectivity index (χ0) is 20.7. The second kappa shape index (κ2) is 7.17. The number of carbonyl (C=O) groups is 1. The van der Waals surface area contributed by atoms with Crippen LogP contribution in [0.2, 0.25) is 0 Å². The average Bonchev–Trinajstić information content (AvgIpc) is 3.39. The summed E-state index contributed by atoms with van der Waals surface area (Å²) >= 11 is 0. The summed E-state index contributed by atoms with van der Waals surface area (Å²) < 4.78 is 79.7. The number of anilines is 1. The standard InChI is InChI=1S/C18H16F4N2O3S/c1-10-2-4-13(9-14(10)18(20,21)22)23-17(25)11-3-7-15(19)16(8-11)28(26,27)24-12-5-6-12/h2-4,7-9,12,24H,5-6H2,1H3,(H,23,25). The number of hydrogen-bond acceptors (Lipinski definition) is 3. The highest BCUT2D eigenvalue weighted by Crippen LogP contribution is 2.33. The zero-order valence-electron chi connectivity index (χ0n) is 14.6. The van der Waals surface area contributed by atoms with Gasteiger partial charge in [-0.1, -0.05) is 6.07 Å². The van der Waals surface area contributed by atoms with E-state index in [1.165, 1.54) is 19.1 Å². The van der Waals surface area contributed by atoms with Crippen LogP contribution in [0.25, 0.3) is 0 Å². The summed E-state index contributed by atoms with van der Waals surface area (Å²) in [7, 11) is -4.14. The maximum absolute atomic E-state index is 14.0. The fraction of sp³-hybridized carbons (Fsp3) is 0.278. The molecule has 2 N–H and O–H groups in total. The predicted octanol–water partition coefficient (Wildman–Crippen LogP) is 3.85. The highest BCUT2D eigenvalue weighted by Gasteiger charge is 2.33. The van der Waals surface area contributed by atoms with Crippen molar-refractivity contribution in [3.05, 3.63) is 58.9 Å². The van der Waals surface area contributed by atoms with Crippen LogP contribution < -0.4 is 10.0 Å². The molecule has 0 spiro atoms. The van der Waals surface area contributed by atoms with E-state index in [4.69, 9.17) is 0 Å². The van der Waals surface area contributed by atoms with E-state index < -0.39 is 38.4 Å². The van der Waals surface area contributed by atoms with Crippen molar-refractivity contribution in [2.75, 3.05) is 5.32 Å². The quantitative estimate of drug-likeness (QED) is 0.728. The van der Waals surface area contributed by atoms with E-state index in [0.29, 0.717) is 12.8 Å². The van der Waals surface area contributed by atoms with Crippen molar-refractivity contribution in [1.29, 1.82) is 0 Å². The first-order chi connectivity index (χ1) is 13.0. The van der Waals surface area contributed by atoms with Gasteiger partial charge in [0, 0.05) is 17.3 Å². The minimum absolute atomic E-state index is 0.00758. The lowest BCUT2D eigenvalue weighted by molar-refractivity contribution is -0.138. The predicted molar refractivity (Wildman–Crippen MR) is 93.9 cm³/mol. The lowest BCUT2D eigenvalue weighted by Crippen LogP contribution is -2.27. The molecule has 5 nitrogen and oxygen atoms in total. The molecule has 3 rings (SSSR count). The monoisotopic (exact) mass is 416 g/mol. The minimum atomic E-state index is -4.59. The Kier molecular flexibility index (Phi) is 5.20. The van der Waals surface area contributed by atoms with E-state index in [1.54, 1.807) is 0 Å². The van der Waals surface area contributed by atoms with E-state index in [1.807, 2.05) is 0 Å². The van der Waals surface area contributed by atoms with E-state index in [2.05, 4.69) is 10.0 Å². The molecule has 0 aromatic heterocycles. The highest BCUT2D eigenvalue weighted by molar-refractivity contribution is 7.89. The van der Waals surface area contributed by atoms with Gasteiger partial charge in [-0.3, -0.25) is 4.79 Å². The van der Waals surface area contributed by atoms with Gasteiger partial charge in [-0.2, -0.15) is 13.2 Å². The first-order valence-electron chi connectivity index (χ1n) is 8.28. The summed E-state index contributed by atoms with van der Waals surface area (Å²) in [6.45, 7) is 1.29. The number of nitrogens with one attached hydrogen (secondary N) is 2. The molecule has 0 radical (unpaired) electrons. The van der Waals surface area contributed by atoms with Gasteiger partial charge in [-0.05, 0) is 55.7 Å². The van der Waals surface area contributed by atoms with Crippen LogP contribution in [0.1, 0.15) is 34.3 Å². The summed E-state index contributed by atoms with van der Waals surface area (Å²) in [4.78, 5) is 11.7. The molecule has 0 unspecified atom stereocenters. The van der Waals surface area contributed by atoms with Gasteiger partial charge >= 0.3 is 6.18 Å². The van der Waals surface area contributed by atoms with Crippen molar-refractivity contribution in [2.45, 2.75) is 36.9 Å². The molecule has 2 aromatic carbocycles. The summed E-state index contributed by atoms with van der Waals surface area (Å²) in [6.07, 6.45) is -3.29. The van der Waals surface area contributed by atoms with Crippen molar-refractivity contribution in [3.63, 3.8) is 0 Å². The minimum Gasteiger partial charge on any atom is -0.322 e. The number of aryl methyl sites for hydroxylation is 1. The molecule has 0 bridgehead atoms. The van der Waals surface area contributed by atoms with Crippen LogP contribution in [-0.4, -0.2) is 20.4 Å². The molecular formula is C18H16F4N2O3S. The third-order valence-corrected chi connectivity index (χ3v) is 5.72. The SMILES string of the molecule is Cc1ccc(NC(=O)c2ccc(F)c(S(=O)(=O)NC3CC3)c2)cc1C(F)(F)F. The summed E-state index contributed by atoms with van der Waals surface area (Å²) in [5.74, 6) is -1.89. The topological polar surface area (TPSA) is 75.3 Å². The van der Waals surface area contributed by atoms with Crippen LogP contribution in [0, 0.1) is 12.7 Å². The fourth-order valence-electron chi connectivity index (χ4n) is 2.54. The molecule has 2 aromatic rings. The van der Waals surface area contributed by atoms with Crippen molar-refractivity contribution >= 4 is 21.6 Å². The van der Waals surface area contributed by atoms with E-state index >= 15 is 0 Å². The first kappa shape index (κ1) is 20.3. The van der Waals surface area contributed by atoms with Gasteiger partial charge in [0.25, 0.3) is 5.91 Å². The Morgan fingerprint density at radius 3 is 2.39 bits per heavy atom. The molecule has 1 saturated carbocycles. The Balaban J connectivity index is 1.86. The lowest BCUT2D eigenvalue weighted by atomic mass is 10.1. The summed E-state index contributed by atoms with van der Waals surface area (Å²) in [6, 6.07) is 5.76. The number of alkyl halides is 3. The van der Waals surface area contributed by atoms with E-state index in [-0.39, 0.29) is 22.9 Å². The molecule has 1 fully saturated rings. The molecular weight excluding hydrogens is 400 g/mol.